The Labute approximate surface area is 237 Å². The summed E-state index contributed by atoms with van der Waals surface area (Å²) in [4.78, 5) is 26.1. The van der Waals surface area contributed by atoms with Crippen molar-refractivity contribution in [2.45, 2.75) is 90.5 Å². The number of carbonyl (C=O) groups is 2. The minimum Gasteiger partial charge on any atom is -0.491 e. The summed E-state index contributed by atoms with van der Waals surface area (Å²) >= 11 is 1.10. The summed E-state index contributed by atoms with van der Waals surface area (Å²) in [7, 11) is 1.44. The quantitative estimate of drug-likeness (QED) is 0.122. The van der Waals surface area contributed by atoms with E-state index in [9.17, 15) is 33.0 Å². The molecular formula is C28H41F3N2O6S. The van der Waals surface area contributed by atoms with Crippen LogP contribution in [0.1, 0.15) is 53.9 Å². The largest absolute Gasteiger partial charge is 0.491 e. The molecule has 2 unspecified atom stereocenters. The number of cyclic esters (lactones) is 1. The number of aliphatic hydroxyl groups is 2. The van der Waals surface area contributed by atoms with Crippen molar-refractivity contribution in [3.8, 4) is 0 Å². The topological polar surface area (TPSA) is 141 Å². The van der Waals surface area contributed by atoms with E-state index in [1.807, 2.05) is 0 Å². The van der Waals surface area contributed by atoms with E-state index >= 15 is 0 Å². The Morgan fingerprint density at radius 3 is 2.48 bits per heavy atom. The van der Waals surface area contributed by atoms with Gasteiger partial charge in [-0.1, -0.05) is 45.5 Å². The molecule has 8 nitrogen and oxygen atoms in total. The third-order valence-electron chi connectivity index (χ3n) is 7.70. The van der Waals surface area contributed by atoms with Gasteiger partial charge in [-0.3, -0.25) is 9.59 Å². The standard InChI is InChI=1S/C28H41F3N2O6S/c1-14(10-19(32)13-40-17(4)38-7)21-9-8-18(28(29,30)31)11-20-24(33-20)15(2)25(36)16(3)26(37)27(5,6)22(34)12-23(35)39-21/h8,10,13,15-16,20-22,24-25,33-34,36H,4,9,11-12,32H2,1-3,5-7H3/b14-10+,18-8+,19-13-/t15-,16+,20?,21-,22-,24?,25-/m0/s1. The minimum absolute atomic E-state index is 0.238. The molecule has 0 radical (unpaired) electrons. The maximum atomic E-state index is 14.0. The van der Waals surface area contributed by atoms with Crippen LogP contribution in [0.15, 0.2) is 46.1 Å². The lowest BCUT2D eigenvalue weighted by atomic mass is 9.73. The lowest BCUT2D eigenvalue weighted by molar-refractivity contribution is -0.154. The fraction of sp³-hybridized carbons (Fsp3) is 0.643. The average molecular weight is 591 g/mol. The van der Waals surface area contributed by atoms with Crippen LogP contribution in [0.3, 0.4) is 0 Å². The predicted octanol–water partition coefficient (Wildman–Crippen LogP) is 4.10. The van der Waals surface area contributed by atoms with Crippen LogP contribution in [0.5, 0.6) is 0 Å². The van der Waals surface area contributed by atoms with Crippen molar-refractivity contribution in [2.75, 3.05) is 7.11 Å². The second kappa shape index (κ2) is 13.6. The highest BCUT2D eigenvalue weighted by Crippen LogP contribution is 2.38. The average Bonchev–Trinajstić information content (AvgIpc) is 3.64. The summed E-state index contributed by atoms with van der Waals surface area (Å²) < 4.78 is 52.4. The van der Waals surface area contributed by atoms with E-state index in [4.69, 9.17) is 15.2 Å². The summed E-state index contributed by atoms with van der Waals surface area (Å²) in [5.74, 6) is -2.81. The van der Waals surface area contributed by atoms with Crippen molar-refractivity contribution < 1.29 is 42.4 Å². The summed E-state index contributed by atoms with van der Waals surface area (Å²) in [6.07, 6.45) is -7.09. The van der Waals surface area contributed by atoms with Crippen LogP contribution in [-0.4, -0.2) is 65.6 Å². The number of aliphatic hydroxyl groups excluding tert-OH is 2. The Hall–Kier alpha value is -2.28. The molecule has 0 amide bonds. The van der Waals surface area contributed by atoms with Crippen LogP contribution in [-0.2, 0) is 19.1 Å². The Morgan fingerprint density at radius 1 is 1.27 bits per heavy atom. The Kier molecular flexibility index (Phi) is 11.5. The van der Waals surface area contributed by atoms with Gasteiger partial charge in [-0.15, -0.1) is 0 Å². The number of nitrogens with two attached hydrogens (primary N) is 1. The van der Waals surface area contributed by atoms with Crippen LogP contribution in [0.4, 0.5) is 13.2 Å². The van der Waals surface area contributed by atoms with Gasteiger partial charge in [0, 0.05) is 41.1 Å². The van der Waals surface area contributed by atoms with Crippen molar-refractivity contribution in [1.29, 1.82) is 0 Å². The van der Waals surface area contributed by atoms with Crippen molar-refractivity contribution in [1.82, 2.24) is 5.32 Å². The minimum atomic E-state index is -4.63. The van der Waals surface area contributed by atoms with Gasteiger partial charge in [0.15, 0.2) is 0 Å². The maximum absolute atomic E-state index is 14.0. The monoisotopic (exact) mass is 590 g/mol. The highest BCUT2D eigenvalue weighted by molar-refractivity contribution is 8.05. The first-order valence-corrected chi connectivity index (χ1v) is 13.9. The number of nitrogens with one attached hydrogen (secondary N) is 1. The van der Waals surface area contributed by atoms with Crippen LogP contribution >= 0.6 is 11.8 Å². The summed E-state index contributed by atoms with van der Waals surface area (Å²) in [6, 6.07) is -0.968. The molecule has 1 fully saturated rings. The SMILES string of the molecule is C=C(OC)S/C=C(N)/C=C(\C)[C@@H]1C/C=C(/C(F)(F)F)CC2NC2[C@H](C)[C@H](O)[C@@H](C)C(=O)C(C)(C)[C@@H](O)CC(=O)O1. The molecule has 0 aromatic carbocycles. The highest BCUT2D eigenvalue weighted by atomic mass is 32.2. The lowest BCUT2D eigenvalue weighted by Gasteiger charge is -2.34. The molecule has 0 aromatic rings. The first-order chi connectivity index (χ1) is 18.4. The van der Waals surface area contributed by atoms with E-state index in [2.05, 4.69) is 11.9 Å². The maximum Gasteiger partial charge on any atom is 0.412 e. The predicted molar refractivity (Wildman–Crippen MR) is 147 cm³/mol. The number of halogens is 3. The van der Waals surface area contributed by atoms with E-state index in [1.165, 1.54) is 39.4 Å². The number of carbonyl (C=O) groups excluding carboxylic acids is 2. The van der Waals surface area contributed by atoms with Crippen LogP contribution in [0.25, 0.3) is 0 Å². The first kappa shape index (κ1) is 33.9. The number of rotatable bonds is 5. The summed E-state index contributed by atoms with van der Waals surface area (Å²) in [5.41, 5.74) is 4.44. The number of ketones is 1. The number of thioether (sulfide) groups is 1. The van der Waals surface area contributed by atoms with Gasteiger partial charge < -0.3 is 30.7 Å². The molecule has 2 heterocycles. The molecule has 0 saturated carbocycles. The summed E-state index contributed by atoms with van der Waals surface area (Å²) in [6.45, 7) is 11.4. The van der Waals surface area contributed by atoms with Crippen molar-refractivity contribution in [3.63, 3.8) is 0 Å². The van der Waals surface area contributed by atoms with Gasteiger partial charge in [0.1, 0.15) is 17.0 Å². The van der Waals surface area contributed by atoms with E-state index in [0.29, 0.717) is 10.7 Å². The molecule has 1 saturated heterocycles. The van der Waals surface area contributed by atoms with Gasteiger partial charge in [0.05, 0.1) is 31.2 Å². The van der Waals surface area contributed by atoms with Gasteiger partial charge >= 0.3 is 12.1 Å². The second-order valence-corrected chi connectivity index (χ2v) is 12.0. The number of methoxy groups -OCH3 is 1. The van der Waals surface area contributed by atoms with Gasteiger partial charge in [-0.25, -0.2) is 0 Å². The number of hydrogen-bond donors (Lipinski definition) is 4. The van der Waals surface area contributed by atoms with E-state index in [0.717, 1.165) is 17.8 Å². The zero-order valence-corrected chi connectivity index (χ0v) is 24.6. The van der Waals surface area contributed by atoms with Crippen LogP contribution in [0, 0.1) is 17.3 Å². The van der Waals surface area contributed by atoms with Gasteiger partial charge in [-0.2, -0.15) is 13.2 Å². The molecule has 2 aliphatic rings. The lowest BCUT2D eigenvalue weighted by Crippen LogP contribution is -2.46. The molecule has 12 heteroatoms. The van der Waals surface area contributed by atoms with E-state index < -0.39 is 77.6 Å². The number of allylic oxidation sites excluding steroid dienone is 1. The normalized spacial score (nSPS) is 34.3. The molecule has 226 valence electrons. The molecule has 2 aliphatic heterocycles. The van der Waals surface area contributed by atoms with Gasteiger partial charge in [-0.05, 0) is 37.5 Å². The molecule has 7 atom stereocenters. The molecule has 2 rings (SSSR count). The number of alkyl halides is 3. The third kappa shape index (κ3) is 8.86. The van der Waals surface area contributed by atoms with Crippen molar-refractivity contribution in [3.05, 3.63) is 46.1 Å². The fourth-order valence-corrected chi connectivity index (χ4v) is 5.22. The number of hydrogen-bond acceptors (Lipinski definition) is 9. The van der Waals surface area contributed by atoms with Crippen LogP contribution in [0.2, 0.25) is 0 Å². The van der Waals surface area contributed by atoms with Gasteiger partial charge in [0.25, 0.3) is 0 Å². The van der Waals surface area contributed by atoms with E-state index in [1.54, 1.807) is 13.8 Å². The molecule has 0 spiro atoms. The molecule has 0 aromatic heterocycles. The smallest absolute Gasteiger partial charge is 0.412 e. The molecule has 5 N–H and O–H groups in total. The Morgan fingerprint density at radius 2 is 1.90 bits per heavy atom. The first-order valence-electron chi connectivity index (χ1n) is 13.1. The second-order valence-electron chi connectivity index (χ2n) is 11.1. The molecule has 0 aliphatic carbocycles. The molecular weight excluding hydrogens is 549 g/mol. The number of fused-ring (bicyclic) bond motifs is 1. The van der Waals surface area contributed by atoms with Gasteiger partial charge in [0.2, 0.25) is 0 Å². The molecule has 0 bridgehead atoms. The number of esters is 1. The van der Waals surface area contributed by atoms with Crippen molar-refractivity contribution in [2.24, 2.45) is 23.0 Å². The Balaban J connectivity index is 2.47. The fourth-order valence-electron chi connectivity index (χ4n) is 4.79. The van der Waals surface area contributed by atoms with E-state index in [-0.39, 0.29) is 18.5 Å². The third-order valence-corrected chi connectivity index (χ3v) is 8.52. The zero-order chi connectivity index (χ0) is 30.6. The van der Waals surface area contributed by atoms with Crippen LogP contribution < -0.4 is 11.1 Å². The Bertz CT molecular complexity index is 1060. The van der Waals surface area contributed by atoms with Crippen molar-refractivity contribution >= 4 is 23.5 Å². The number of ether oxygens (including phenoxy) is 2. The zero-order valence-electron chi connectivity index (χ0n) is 23.7. The summed E-state index contributed by atoms with van der Waals surface area (Å²) in [5, 5.41) is 26.6. The highest BCUT2D eigenvalue weighted by Gasteiger charge is 2.49. The number of Topliss-reactive ketones (excluding diaryl/α,β-unsaturated/α-hetero) is 1. The molecule has 40 heavy (non-hydrogen) atoms.